The van der Waals surface area contributed by atoms with E-state index in [0.717, 1.165) is 30.4 Å². The molecule has 0 bridgehead atoms. The van der Waals surface area contributed by atoms with Crippen LogP contribution in [0.1, 0.15) is 32.6 Å². The van der Waals surface area contributed by atoms with E-state index in [9.17, 15) is 0 Å². The van der Waals surface area contributed by atoms with E-state index in [1.54, 1.807) is 7.11 Å². The molecule has 0 aromatic carbocycles. The van der Waals surface area contributed by atoms with Crippen LogP contribution in [0.2, 0.25) is 0 Å². The van der Waals surface area contributed by atoms with Gasteiger partial charge >= 0.3 is 0 Å². The lowest BCUT2D eigenvalue weighted by Gasteiger charge is -2.28. The van der Waals surface area contributed by atoms with Crippen molar-refractivity contribution >= 4 is 15.9 Å². The van der Waals surface area contributed by atoms with Gasteiger partial charge in [0.25, 0.3) is 0 Å². The minimum Gasteiger partial charge on any atom is -0.383 e. The van der Waals surface area contributed by atoms with Gasteiger partial charge in [-0.2, -0.15) is 0 Å². The molecular formula is C12H24BrNO. The Labute approximate surface area is 102 Å². The lowest BCUT2D eigenvalue weighted by atomic mass is 10.1. The molecule has 0 aliphatic heterocycles. The quantitative estimate of drug-likeness (QED) is 0.475. The highest BCUT2D eigenvalue weighted by molar-refractivity contribution is 9.09. The van der Waals surface area contributed by atoms with Crippen LogP contribution in [-0.2, 0) is 4.74 Å². The number of hydrogen-bond donors (Lipinski definition) is 0. The molecule has 0 aromatic rings. The Hall–Kier alpha value is 0.400. The Morgan fingerprint density at radius 1 is 1.33 bits per heavy atom. The number of alkyl halides is 1. The first-order chi connectivity index (χ1) is 7.29. The molecular weight excluding hydrogens is 254 g/mol. The predicted octanol–water partition coefficient (Wildman–Crippen LogP) is 2.91. The lowest BCUT2D eigenvalue weighted by Crippen LogP contribution is -2.37. The number of halogens is 1. The van der Waals surface area contributed by atoms with Gasteiger partial charge in [0.1, 0.15) is 0 Å². The van der Waals surface area contributed by atoms with Crippen molar-refractivity contribution in [1.82, 2.24) is 4.90 Å². The Morgan fingerprint density at radius 3 is 2.60 bits per heavy atom. The number of unbranched alkanes of at least 4 members (excludes halogenated alkanes) is 1. The summed E-state index contributed by atoms with van der Waals surface area (Å²) in [5.74, 6) is 0.964. The van der Waals surface area contributed by atoms with Crippen molar-refractivity contribution in [3.8, 4) is 0 Å². The predicted molar refractivity (Wildman–Crippen MR) is 68.7 cm³/mol. The van der Waals surface area contributed by atoms with Crippen molar-refractivity contribution in [2.45, 2.75) is 38.6 Å². The first-order valence-electron chi connectivity index (χ1n) is 6.08. The summed E-state index contributed by atoms with van der Waals surface area (Å²) in [5.41, 5.74) is 0. The van der Waals surface area contributed by atoms with E-state index >= 15 is 0 Å². The van der Waals surface area contributed by atoms with E-state index in [1.165, 1.54) is 32.2 Å². The van der Waals surface area contributed by atoms with Crippen LogP contribution in [0.15, 0.2) is 0 Å². The fourth-order valence-corrected chi connectivity index (χ4v) is 2.41. The van der Waals surface area contributed by atoms with Gasteiger partial charge in [0.15, 0.2) is 0 Å². The van der Waals surface area contributed by atoms with Crippen LogP contribution >= 0.6 is 15.9 Å². The molecule has 0 spiro atoms. The molecule has 0 N–H and O–H groups in total. The highest BCUT2D eigenvalue weighted by Gasteiger charge is 2.31. The van der Waals surface area contributed by atoms with Crippen LogP contribution in [0.4, 0.5) is 0 Å². The molecule has 90 valence electrons. The third-order valence-electron chi connectivity index (χ3n) is 3.29. The van der Waals surface area contributed by atoms with Crippen molar-refractivity contribution < 1.29 is 4.74 Å². The first-order valence-corrected chi connectivity index (χ1v) is 7.20. The Bertz CT molecular complexity index is 162. The second kappa shape index (κ2) is 7.64. The summed E-state index contributed by atoms with van der Waals surface area (Å²) >= 11 is 3.49. The summed E-state index contributed by atoms with van der Waals surface area (Å²) in [5, 5.41) is 1.13. The van der Waals surface area contributed by atoms with Crippen molar-refractivity contribution in [3.05, 3.63) is 0 Å². The maximum absolute atomic E-state index is 5.18. The maximum Gasteiger partial charge on any atom is 0.0589 e. The van der Waals surface area contributed by atoms with E-state index in [4.69, 9.17) is 4.74 Å². The van der Waals surface area contributed by atoms with E-state index in [2.05, 4.69) is 27.8 Å². The molecule has 1 rings (SSSR count). The first kappa shape index (κ1) is 13.5. The molecule has 0 heterocycles. The standard InChI is InChI=1S/C12H24BrNO/c1-11(12-5-6-12)14(9-10-15-2)8-4-3-7-13/h11-12H,3-10H2,1-2H3. The summed E-state index contributed by atoms with van der Waals surface area (Å²) in [7, 11) is 1.79. The second-order valence-corrected chi connectivity index (χ2v) is 5.30. The number of ether oxygens (including phenoxy) is 1. The van der Waals surface area contributed by atoms with Crippen LogP contribution in [0.3, 0.4) is 0 Å². The molecule has 1 saturated carbocycles. The largest absolute Gasteiger partial charge is 0.383 e. The van der Waals surface area contributed by atoms with E-state index < -0.39 is 0 Å². The summed E-state index contributed by atoms with van der Waals surface area (Å²) < 4.78 is 5.18. The number of nitrogens with zero attached hydrogens (tertiary/aromatic N) is 1. The van der Waals surface area contributed by atoms with Gasteiger partial charge in [-0.05, 0) is 45.1 Å². The van der Waals surface area contributed by atoms with Crippen LogP contribution < -0.4 is 0 Å². The lowest BCUT2D eigenvalue weighted by molar-refractivity contribution is 0.116. The van der Waals surface area contributed by atoms with Crippen LogP contribution in [0.5, 0.6) is 0 Å². The zero-order valence-electron chi connectivity index (χ0n) is 10.0. The molecule has 1 aliphatic rings. The van der Waals surface area contributed by atoms with Gasteiger partial charge in [-0.3, -0.25) is 4.90 Å². The molecule has 1 unspecified atom stereocenters. The van der Waals surface area contributed by atoms with E-state index in [0.29, 0.717) is 0 Å². The van der Waals surface area contributed by atoms with Crippen molar-refractivity contribution in [3.63, 3.8) is 0 Å². The van der Waals surface area contributed by atoms with Gasteiger partial charge in [-0.25, -0.2) is 0 Å². The smallest absolute Gasteiger partial charge is 0.0589 e. The zero-order chi connectivity index (χ0) is 11.1. The highest BCUT2D eigenvalue weighted by Crippen LogP contribution is 2.35. The average Bonchev–Trinajstić information content (AvgIpc) is 3.06. The fraction of sp³-hybridized carbons (Fsp3) is 1.00. The minimum atomic E-state index is 0.760. The van der Waals surface area contributed by atoms with Crippen LogP contribution in [0, 0.1) is 5.92 Å². The SMILES string of the molecule is COCCN(CCCCBr)C(C)C1CC1. The Balaban J connectivity index is 2.23. The third kappa shape index (κ3) is 5.32. The molecule has 0 saturated heterocycles. The molecule has 2 nitrogen and oxygen atoms in total. The van der Waals surface area contributed by atoms with Gasteiger partial charge in [-0.15, -0.1) is 0 Å². The highest BCUT2D eigenvalue weighted by atomic mass is 79.9. The normalized spacial score (nSPS) is 18.4. The minimum absolute atomic E-state index is 0.760. The topological polar surface area (TPSA) is 12.5 Å². The van der Waals surface area contributed by atoms with Crippen LogP contribution in [-0.4, -0.2) is 43.1 Å². The molecule has 1 aliphatic carbocycles. The molecule has 0 aromatic heterocycles. The Morgan fingerprint density at radius 2 is 2.07 bits per heavy atom. The summed E-state index contributed by atoms with van der Waals surface area (Å²) in [6, 6.07) is 0.760. The van der Waals surface area contributed by atoms with Gasteiger partial charge in [0.05, 0.1) is 6.61 Å². The molecule has 1 atom stereocenters. The van der Waals surface area contributed by atoms with Gasteiger partial charge in [-0.1, -0.05) is 15.9 Å². The Kier molecular flexibility index (Phi) is 6.86. The summed E-state index contributed by atoms with van der Waals surface area (Å²) in [4.78, 5) is 2.60. The number of methoxy groups -OCH3 is 1. The summed E-state index contributed by atoms with van der Waals surface area (Å²) in [6.45, 7) is 5.57. The van der Waals surface area contributed by atoms with Crippen molar-refractivity contribution in [2.75, 3.05) is 32.1 Å². The molecule has 1 fully saturated rings. The fourth-order valence-electron chi connectivity index (χ4n) is 2.01. The van der Waals surface area contributed by atoms with Crippen molar-refractivity contribution in [2.24, 2.45) is 5.92 Å². The molecule has 3 heteroatoms. The average molecular weight is 278 g/mol. The van der Waals surface area contributed by atoms with Crippen molar-refractivity contribution in [1.29, 1.82) is 0 Å². The van der Waals surface area contributed by atoms with Gasteiger partial charge in [0.2, 0.25) is 0 Å². The number of hydrogen-bond acceptors (Lipinski definition) is 2. The second-order valence-electron chi connectivity index (χ2n) is 4.50. The zero-order valence-corrected chi connectivity index (χ0v) is 11.6. The maximum atomic E-state index is 5.18. The third-order valence-corrected chi connectivity index (χ3v) is 3.85. The van der Waals surface area contributed by atoms with Gasteiger partial charge in [0, 0.05) is 25.0 Å². The van der Waals surface area contributed by atoms with Crippen LogP contribution in [0.25, 0.3) is 0 Å². The molecule has 15 heavy (non-hydrogen) atoms. The van der Waals surface area contributed by atoms with E-state index in [-0.39, 0.29) is 0 Å². The van der Waals surface area contributed by atoms with E-state index in [1.807, 2.05) is 0 Å². The molecule has 0 radical (unpaired) electrons. The summed E-state index contributed by atoms with van der Waals surface area (Å²) in [6.07, 6.45) is 5.44. The van der Waals surface area contributed by atoms with Gasteiger partial charge < -0.3 is 4.74 Å². The molecule has 0 amide bonds. The monoisotopic (exact) mass is 277 g/mol. The number of rotatable bonds is 9.